The zero-order chi connectivity index (χ0) is 7.56. The van der Waals surface area contributed by atoms with Crippen LogP contribution < -0.4 is 11.5 Å². The van der Waals surface area contributed by atoms with Crippen molar-refractivity contribution in [3.63, 3.8) is 0 Å². The average Bonchev–Trinajstić information content (AvgIpc) is 1.95. The van der Waals surface area contributed by atoms with Crippen LogP contribution in [0.2, 0.25) is 0 Å². The standard InChI is InChI=1S/C6H8N4/c7-4-2-1-3-5(10-9)6(4)8/h1-2H,3,7-8H2. The molecule has 4 nitrogen and oxygen atoms in total. The molecule has 1 rings (SSSR count). The van der Waals surface area contributed by atoms with Gasteiger partial charge in [0.05, 0.1) is 12.1 Å². The Bertz CT molecular complexity index is 255. The fourth-order valence-corrected chi connectivity index (χ4v) is 0.759. The minimum Gasteiger partial charge on any atom is -0.397 e. The highest BCUT2D eigenvalue weighted by molar-refractivity contribution is 5.97. The van der Waals surface area contributed by atoms with E-state index in [4.69, 9.17) is 17.0 Å². The Hall–Kier alpha value is -1.54. The first-order valence-electron chi connectivity index (χ1n) is 2.88. The predicted molar refractivity (Wildman–Crippen MR) is 37.8 cm³/mol. The molecule has 52 valence electrons. The Morgan fingerprint density at radius 3 is 2.70 bits per heavy atom. The molecule has 0 fully saturated rings. The van der Waals surface area contributed by atoms with Crippen molar-refractivity contribution in [2.24, 2.45) is 11.5 Å². The molecule has 0 aromatic carbocycles. The number of hydrogen-bond donors (Lipinski definition) is 2. The topological polar surface area (TPSA) is 88.4 Å². The molecule has 1 aliphatic rings. The fourth-order valence-electron chi connectivity index (χ4n) is 0.759. The van der Waals surface area contributed by atoms with Gasteiger partial charge >= 0.3 is 5.71 Å². The number of allylic oxidation sites excluding steroid dienone is 3. The highest BCUT2D eigenvalue weighted by Gasteiger charge is 2.15. The predicted octanol–water partition coefficient (Wildman–Crippen LogP) is -0.254. The minimum absolute atomic E-state index is 0.366. The van der Waals surface area contributed by atoms with Gasteiger partial charge in [0.25, 0.3) is 0 Å². The van der Waals surface area contributed by atoms with Crippen LogP contribution in [0.15, 0.2) is 23.5 Å². The highest BCUT2D eigenvalue weighted by Crippen LogP contribution is 2.05. The number of rotatable bonds is 0. The second-order valence-corrected chi connectivity index (χ2v) is 2.02. The highest BCUT2D eigenvalue weighted by atomic mass is 14.9. The zero-order valence-electron chi connectivity index (χ0n) is 5.41. The Labute approximate surface area is 58.4 Å². The Kier molecular flexibility index (Phi) is 1.56. The van der Waals surface area contributed by atoms with Crippen LogP contribution in [0.1, 0.15) is 6.42 Å². The molecule has 0 aromatic rings. The van der Waals surface area contributed by atoms with Gasteiger partial charge in [0.2, 0.25) is 0 Å². The summed E-state index contributed by atoms with van der Waals surface area (Å²) in [5, 5.41) is 0. The van der Waals surface area contributed by atoms with E-state index in [1.807, 2.05) is 0 Å². The lowest BCUT2D eigenvalue weighted by Crippen LogP contribution is -2.20. The normalized spacial score (nSPS) is 17.4. The molecule has 0 aliphatic heterocycles. The molecule has 0 saturated heterocycles. The first-order valence-corrected chi connectivity index (χ1v) is 2.88. The van der Waals surface area contributed by atoms with Crippen LogP contribution >= 0.6 is 0 Å². The average molecular weight is 136 g/mol. The summed E-state index contributed by atoms with van der Waals surface area (Å²) in [7, 11) is 0. The van der Waals surface area contributed by atoms with E-state index in [1.165, 1.54) is 0 Å². The van der Waals surface area contributed by atoms with Crippen molar-refractivity contribution < 1.29 is 4.79 Å². The van der Waals surface area contributed by atoms with Crippen LogP contribution in [-0.2, 0) is 0 Å². The summed E-state index contributed by atoms with van der Waals surface area (Å²) < 4.78 is 0. The quantitative estimate of drug-likeness (QED) is 0.355. The van der Waals surface area contributed by atoms with Gasteiger partial charge in [-0.2, -0.15) is 4.79 Å². The van der Waals surface area contributed by atoms with Crippen molar-refractivity contribution in [3.05, 3.63) is 29.1 Å². The van der Waals surface area contributed by atoms with Gasteiger partial charge in [0.15, 0.2) is 0 Å². The maximum absolute atomic E-state index is 8.36. The van der Waals surface area contributed by atoms with Crippen LogP contribution in [0.5, 0.6) is 0 Å². The molecule has 0 unspecified atom stereocenters. The van der Waals surface area contributed by atoms with Gasteiger partial charge in [-0.3, -0.25) is 0 Å². The molecule has 4 heteroatoms. The zero-order valence-corrected chi connectivity index (χ0v) is 5.41. The summed E-state index contributed by atoms with van der Waals surface area (Å²) in [6, 6.07) is 0. The van der Waals surface area contributed by atoms with Crippen molar-refractivity contribution in [1.29, 1.82) is 0 Å². The van der Waals surface area contributed by atoms with E-state index in [-0.39, 0.29) is 0 Å². The Morgan fingerprint density at radius 1 is 1.50 bits per heavy atom. The summed E-state index contributed by atoms with van der Waals surface area (Å²) in [5.41, 5.74) is 20.5. The van der Waals surface area contributed by atoms with Crippen molar-refractivity contribution in [1.82, 2.24) is 0 Å². The second kappa shape index (κ2) is 2.37. The van der Waals surface area contributed by atoms with E-state index in [0.717, 1.165) is 0 Å². The molecule has 0 bridgehead atoms. The molecule has 1 aliphatic carbocycles. The first-order chi connectivity index (χ1) is 4.75. The Morgan fingerprint density at radius 2 is 2.20 bits per heavy atom. The van der Waals surface area contributed by atoms with Crippen LogP contribution in [-0.4, -0.2) is 10.5 Å². The Balaban J connectivity index is 3.10. The van der Waals surface area contributed by atoms with Gasteiger partial charge in [-0.05, 0) is 6.08 Å². The molecule has 4 N–H and O–H groups in total. The molecular formula is C6H8N4. The van der Waals surface area contributed by atoms with Gasteiger partial charge in [0, 0.05) is 0 Å². The van der Waals surface area contributed by atoms with E-state index in [9.17, 15) is 0 Å². The van der Waals surface area contributed by atoms with Crippen LogP contribution in [0.4, 0.5) is 0 Å². The SMILES string of the molecule is [N-]=[N+]=C1CC=CC(N)=C1N. The van der Waals surface area contributed by atoms with Crippen molar-refractivity contribution in [2.45, 2.75) is 6.42 Å². The van der Waals surface area contributed by atoms with Crippen molar-refractivity contribution >= 4 is 5.71 Å². The van der Waals surface area contributed by atoms with Gasteiger partial charge in [-0.15, -0.1) is 0 Å². The summed E-state index contributed by atoms with van der Waals surface area (Å²) >= 11 is 0. The molecule has 0 saturated carbocycles. The number of hydrogen-bond acceptors (Lipinski definition) is 2. The van der Waals surface area contributed by atoms with E-state index in [2.05, 4.69) is 4.79 Å². The largest absolute Gasteiger partial charge is 0.397 e. The van der Waals surface area contributed by atoms with Gasteiger partial charge in [-0.25, -0.2) is 0 Å². The lowest BCUT2D eigenvalue weighted by molar-refractivity contribution is -0.00664. The van der Waals surface area contributed by atoms with Gasteiger partial charge in [0.1, 0.15) is 5.70 Å². The maximum Gasteiger partial charge on any atom is 0.320 e. The van der Waals surface area contributed by atoms with E-state index >= 15 is 0 Å². The molecule has 10 heavy (non-hydrogen) atoms. The van der Waals surface area contributed by atoms with E-state index < -0.39 is 0 Å². The lowest BCUT2D eigenvalue weighted by atomic mass is 10.1. The summed E-state index contributed by atoms with van der Waals surface area (Å²) in [4.78, 5) is 2.98. The van der Waals surface area contributed by atoms with Crippen molar-refractivity contribution in [3.8, 4) is 0 Å². The van der Waals surface area contributed by atoms with E-state index in [0.29, 0.717) is 23.5 Å². The molecule has 0 aromatic heterocycles. The summed E-state index contributed by atoms with van der Waals surface area (Å²) in [6.07, 6.45) is 4.04. The molecule has 0 atom stereocenters. The molecular weight excluding hydrogens is 128 g/mol. The fraction of sp³-hybridized carbons (Fsp3) is 0.167. The summed E-state index contributed by atoms with van der Waals surface area (Å²) in [5.74, 6) is 0. The monoisotopic (exact) mass is 136 g/mol. The van der Waals surface area contributed by atoms with Gasteiger partial charge in [-0.1, -0.05) is 6.08 Å². The summed E-state index contributed by atoms with van der Waals surface area (Å²) in [6.45, 7) is 0. The molecule has 0 spiro atoms. The van der Waals surface area contributed by atoms with Crippen LogP contribution in [0.3, 0.4) is 0 Å². The van der Waals surface area contributed by atoms with Crippen LogP contribution in [0, 0.1) is 0 Å². The number of nitrogens with two attached hydrogens (primary N) is 2. The van der Waals surface area contributed by atoms with Crippen LogP contribution in [0.25, 0.3) is 5.53 Å². The third-order valence-electron chi connectivity index (χ3n) is 1.35. The second-order valence-electron chi connectivity index (χ2n) is 2.02. The lowest BCUT2D eigenvalue weighted by Gasteiger charge is -2.01. The number of nitrogens with zero attached hydrogens (tertiary/aromatic N) is 2. The molecule has 0 radical (unpaired) electrons. The maximum atomic E-state index is 8.36. The minimum atomic E-state index is 0.366. The van der Waals surface area contributed by atoms with Crippen molar-refractivity contribution in [2.75, 3.05) is 0 Å². The molecule has 0 heterocycles. The van der Waals surface area contributed by atoms with Gasteiger partial charge < -0.3 is 17.0 Å². The van der Waals surface area contributed by atoms with E-state index in [1.54, 1.807) is 12.2 Å². The third kappa shape index (κ3) is 0.921. The first kappa shape index (κ1) is 6.58. The molecule has 0 amide bonds. The smallest absolute Gasteiger partial charge is 0.320 e. The third-order valence-corrected chi connectivity index (χ3v) is 1.35.